The Kier molecular flexibility index (Phi) is 5.28. The van der Waals surface area contributed by atoms with E-state index in [0.29, 0.717) is 12.3 Å². The Bertz CT molecular complexity index is 402. The van der Waals surface area contributed by atoms with Crippen molar-refractivity contribution in [2.75, 3.05) is 12.3 Å². The molecule has 0 aliphatic heterocycles. The minimum Gasteiger partial charge on any atom is -0.388 e. The van der Waals surface area contributed by atoms with Crippen LogP contribution < -0.4 is 5.32 Å². The molecule has 1 amide bonds. The molecule has 1 fully saturated rings. The summed E-state index contributed by atoms with van der Waals surface area (Å²) in [7, 11) is 0. The highest BCUT2D eigenvalue weighted by Gasteiger charge is 2.31. The maximum absolute atomic E-state index is 11.7. The van der Waals surface area contributed by atoms with Gasteiger partial charge in [-0.25, -0.2) is 0 Å². The third-order valence-corrected chi connectivity index (χ3v) is 4.50. The lowest BCUT2D eigenvalue weighted by molar-refractivity contribution is -0.119. The number of carbonyl (C=O) groups is 1. The van der Waals surface area contributed by atoms with Crippen molar-refractivity contribution >= 4 is 17.7 Å². The third-order valence-electron chi connectivity index (χ3n) is 3.49. The number of hydrogen-bond donors (Lipinski definition) is 2. The van der Waals surface area contributed by atoms with Gasteiger partial charge in [-0.2, -0.15) is 0 Å². The Hall–Kier alpha value is -1.00. The van der Waals surface area contributed by atoms with E-state index in [4.69, 9.17) is 0 Å². The van der Waals surface area contributed by atoms with Gasteiger partial charge < -0.3 is 10.4 Å². The molecule has 2 rings (SSSR count). The predicted octanol–water partition coefficient (Wildman–Crippen LogP) is 2.34. The summed E-state index contributed by atoms with van der Waals surface area (Å²) in [5.74, 6) is 1.31. The molecule has 0 atom stereocenters. The molecule has 0 radical (unpaired) electrons. The molecular weight excluding hydrogens is 258 g/mol. The van der Waals surface area contributed by atoms with Crippen LogP contribution >= 0.6 is 11.8 Å². The quantitative estimate of drug-likeness (QED) is 0.840. The number of nitrogens with one attached hydrogen (secondary N) is 1. The average Bonchev–Trinajstić information content (AvgIpc) is 2.85. The smallest absolute Gasteiger partial charge is 0.230 e. The summed E-state index contributed by atoms with van der Waals surface area (Å²) in [6.45, 7) is 0.401. The first kappa shape index (κ1) is 14.4. The lowest BCUT2D eigenvalue weighted by atomic mass is 10.0. The van der Waals surface area contributed by atoms with E-state index in [0.717, 1.165) is 31.4 Å². The number of thioether (sulfide) groups is 1. The van der Waals surface area contributed by atoms with E-state index in [2.05, 4.69) is 17.4 Å². The first-order chi connectivity index (χ1) is 9.18. The van der Waals surface area contributed by atoms with Gasteiger partial charge in [-0.05, 0) is 18.4 Å². The second-order valence-electron chi connectivity index (χ2n) is 5.19. The number of carbonyl (C=O) groups excluding carboxylic acids is 1. The molecule has 104 valence electrons. The highest BCUT2D eigenvalue weighted by Crippen LogP contribution is 2.28. The van der Waals surface area contributed by atoms with E-state index in [1.807, 2.05) is 18.2 Å². The van der Waals surface area contributed by atoms with Crippen molar-refractivity contribution in [2.45, 2.75) is 37.0 Å². The zero-order chi connectivity index (χ0) is 13.6. The van der Waals surface area contributed by atoms with Crippen LogP contribution in [0.15, 0.2) is 30.3 Å². The Balaban J connectivity index is 1.62. The number of rotatable bonds is 6. The lowest BCUT2D eigenvalue weighted by Gasteiger charge is -2.22. The molecule has 0 spiro atoms. The second-order valence-corrected chi connectivity index (χ2v) is 6.17. The van der Waals surface area contributed by atoms with E-state index in [1.165, 1.54) is 5.56 Å². The van der Waals surface area contributed by atoms with E-state index in [9.17, 15) is 9.90 Å². The van der Waals surface area contributed by atoms with Crippen LogP contribution in [0.2, 0.25) is 0 Å². The van der Waals surface area contributed by atoms with Gasteiger partial charge in [0.1, 0.15) is 0 Å². The molecule has 19 heavy (non-hydrogen) atoms. The number of amides is 1. The van der Waals surface area contributed by atoms with Gasteiger partial charge >= 0.3 is 0 Å². The van der Waals surface area contributed by atoms with Crippen LogP contribution in [0, 0.1) is 0 Å². The van der Waals surface area contributed by atoms with Crippen molar-refractivity contribution in [1.82, 2.24) is 5.32 Å². The molecule has 1 aliphatic rings. The summed E-state index contributed by atoms with van der Waals surface area (Å²) in [6, 6.07) is 10.1. The summed E-state index contributed by atoms with van der Waals surface area (Å²) in [4.78, 5) is 11.7. The fourth-order valence-electron chi connectivity index (χ4n) is 2.36. The largest absolute Gasteiger partial charge is 0.388 e. The lowest BCUT2D eigenvalue weighted by Crippen LogP contribution is -2.41. The Morgan fingerprint density at radius 1 is 1.26 bits per heavy atom. The van der Waals surface area contributed by atoms with Gasteiger partial charge in [-0.1, -0.05) is 43.2 Å². The standard InChI is InChI=1S/C15H21NO2S/c17-14(16-12-15(18)8-4-5-9-15)11-19-10-13-6-2-1-3-7-13/h1-3,6-7,18H,4-5,8-12H2,(H,16,17). The zero-order valence-corrected chi connectivity index (χ0v) is 11.9. The number of benzene rings is 1. The van der Waals surface area contributed by atoms with Crippen molar-refractivity contribution in [3.05, 3.63) is 35.9 Å². The van der Waals surface area contributed by atoms with Crippen LogP contribution in [-0.4, -0.2) is 28.9 Å². The molecule has 0 saturated heterocycles. The van der Waals surface area contributed by atoms with Crippen LogP contribution in [0.3, 0.4) is 0 Å². The van der Waals surface area contributed by atoms with Crippen LogP contribution in [0.25, 0.3) is 0 Å². The molecule has 0 aromatic heterocycles. The molecule has 0 heterocycles. The highest BCUT2D eigenvalue weighted by molar-refractivity contribution is 7.99. The molecule has 1 aliphatic carbocycles. The molecule has 4 heteroatoms. The molecule has 1 aromatic carbocycles. The van der Waals surface area contributed by atoms with Crippen molar-refractivity contribution in [3.63, 3.8) is 0 Å². The van der Waals surface area contributed by atoms with Crippen molar-refractivity contribution in [1.29, 1.82) is 0 Å². The van der Waals surface area contributed by atoms with E-state index < -0.39 is 5.60 Å². The van der Waals surface area contributed by atoms with Crippen molar-refractivity contribution < 1.29 is 9.90 Å². The summed E-state index contributed by atoms with van der Waals surface area (Å²) >= 11 is 1.60. The molecular formula is C15H21NO2S. The Morgan fingerprint density at radius 3 is 2.63 bits per heavy atom. The Morgan fingerprint density at radius 2 is 1.95 bits per heavy atom. The fraction of sp³-hybridized carbons (Fsp3) is 0.533. The Labute approximate surface area is 118 Å². The molecule has 3 nitrogen and oxygen atoms in total. The SMILES string of the molecule is O=C(CSCc1ccccc1)NCC1(O)CCCC1. The number of aliphatic hydroxyl groups is 1. The van der Waals surface area contributed by atoms with Crippen LogP contribution in [-0.2, 0) is 10.5 Å². The van der Waals surface area contributed by atoms with Gasteiger partial charge in [-0.3, -0.25) is 4.79 Å². The van der Waals surface area contributed by atoms with Gasteiger partial charge in [0, 0.05) is 12.3 Å². The molecule has 0 bridgehead atoms. The maximum Gasteiger partial charge on any atom is 0.230 e. The normalized spacial score (nSPS) is 17.3. The van der Waals surface area contributed by atoms with Crippen LogP contribution in [0.4, 0.5) is 0 Å². The van der Waals surface area contributed by atoms with Crippen molar-refractivity contribution in [3.8, 4) is 0 Å². The molecule has 0 unspecified atom stereocenters. The monoisotopic (exact) mass is 279 g/mol. The van der Waals surface area contributed by atoms with Gasteiger partial charge in [0.15, 0.2) is 0 Å². The first-order valence-corrected chi connectivity index (χ1v) is 7.94. The fourth-order valence-corrected chi connectivity index (χ4v) is 3.18. The van der Waals surface area contributed by atoms with E-state index >= 15 is 0 Å². The predicted molar refractivity (Wildman–Crippen MR) is 79.0 cm³/mol. The van der Waals surface area contributed by atoms with Gasteiger partial charge in [0.25, 0.3) is 0 Å². The van der Waals surface area contributed by atoms with Crippen molar-refractivity contribution in [2.24, 2.45) is 0 Å². The van der Waals surface area contributed by atoms with E-state index in [1.54, 1.807) is 11.8 Å². The van der Waals surface area contributed by atoms with Gasteiger partial charge in [0.2, 0.25) is 5.91 Å². The molecule has 1 aromatic rings. The topological polar surface area (TPSA) is 49.3 Å². The zero-order valence-electron chi connectivity index (χ0n) is 11.1. The number of hydrogen-bond acceptors (Lipinski definition) is 3. The second kappa shape index (κ2) is 6.96. The summed E-state index contributed by atoms with van der Waals surface area (Å²) in [5.41, 5.74) is 0.578. The van der Waals surface area contributed by atoms with Crippen LogP contribution in [0.1, 0.15) is 31.2 Å². The minimum absolute atomic E-state index is 0.0151. The molecule has 2 N–H and O–H groups in total. The average molecular weight is 279 g/mol. The summed E-state index contributed by atoms with van der Waals surface area (Å²) in [6.07, 6.45) is 3.75. The minimum atomic E-state index is -0.653. The maximum atomic E-state index is 11.7. The van der Waals surface area contributed by atoms with E-state index in [-0.39, 0.29) is 5.91 Å². The highest BCUT2D eigenvalue weighted by atomic mass is 32.2. The van der Waals surface area contributed by atoms with Crippen LogP contribution in [0.5, 0.6) is 0 Å². The first-order valence-electron chi connectivity index (χ1n) is 6.79. The third kappa shape index (κ3) is 4.88. The molecule has 1 saturated carbocycles. The summed E-state index contributed by atoms with van der Waals surface area (Å²) < 4.78 is 0. The van der Waals surface area contributed by atoms with Gasteiger partial charge in [0.05, 0.1) is 11.4 Å². The summed E-state index contributed by atoms with van der Waals surface area (Å²) in [5, 5.41) is 13.0. The van der Waals surface area contributed by atoms with Gasteiger partial charge in [-0.15, -0.1) is 11.8 Å².